The summed E-state index contributed by atoms with van der Waals surface area (Å²) in [5.74, 6) is 0.0228. The van der Waals surface area contributed by atoms with Crippen molar-refractivity contribution in [3.05, 3.63) is 62.7 Å². The topological polar surface area (TPSA) is 93.2 Å². The number of hydrogen-bond donors (Lipinski definition) is 0. The first-order valence-electron chi connectivity index (χ1n) is 5.67. The second-order valence-corrected chi connectivity index (χ2v) is 4.33. The lowest BCUT2D eigenvalue weighted by Gasteiger charge is -2.09. The first-order valence-corrected chi connectivity index (χ1v) is 6.04. The number of carbonyl (C=O) groups excluding carboxylic acids is 1. The van der Waals surface area contributed by atoms with Crippen molar-refractivity contribution in [3.8, 4) is 17.6 Å². The van der Waals surface area contributed by atoms with Gasteiger partial charge in [0.1, 0.15) is 5.75 Å². The Morgan fingerprint density at radius 2 is 2.05 bits per heavy atom. The summed E-state index contributed by atoms with van der Waals surface area (Å²) < 4.78 is 5.41. The summed E-state index contributed by atoms with van der Waals surface area (Å²) in [6, 6.07) is 10.1. The van der Waals surface area contributed by atoms with Crippen LogP contribution in [0.25, 0.3) is 0 Å². The van der Waals surface area contributed by atoms with Crippen molar-refractivity contribution in [2.24, 2.45) is 0 Å². The van der Waals surface area contributed by atoms with Crippen LogP contribution in [0.15, 0.2) is 36.4 Å². The summed E-state index contributed by atoms with van der Waals surface area (Å²) in [5, 5.41) is 20.0. The Hall–Kier alpha value is -2.91. The van der Waals surface area contributed by atoms with Gasteiger partial charge in [0.15, 0.2) is 6.29 Å². The van der Waals surface area contributed by atoms with Gasteiger partial charge in [0.05, 0.1) is 27.1 Å². The van der Waals surface area contributed by atoms with E-state index in [9.17, 15) is 14.9 Å². The van der Waals surface area contributed by atoms with Gasteiger partial charge in [0.2, 0.25) is 5.75 Å². The Morgan fingerprint density at radius 1 is 1.29 bits per heavy atom. The Bertz CT molecular complexity index is 768. The third-order valence-corrected chi connectivity index (χ3v) is 2.97. The van der Waals surface area contributed by atoms with Gasteiger partial charge in [-0.05, 0) is 24.3 Å². The van der Waals surface area contributed by atoms with E-state index in [1.54, 1.807) is 6.07 Å². The number of hydrogen-bond acceptors (Lipinski definition) is 5. The van der Waals surface area contributed by atoms with Crippen molar-refractivity contribution in [1.29, 1.82) is 5.26 Å². The van der Waals surface area contributed by atoms with Crippen LogP contribution < -0.4 is 4.74 Å². The highest BCUT2D eigenvalue weighted by Gasteiger charge is 2.18. The average Bonchev–Trinajstić information content (AvgIpc) is 2.47. The highest BCUT2D eigenvalue weighted by molar-refractivity contribution is 6.33. The van der Waals surface area contributed by atoms with Gasteiger partial charge in [0.25, 0.3) is 0 Å². The normalized spacial score (nSPS) is 9.71. The number of nitrogens with zero attached hydrogens (tertiary/aromatic N) is 2. The van der Waals surface area contributed by atoms with Crippen LogP contribution in [0.3, 0.4) is 0 Å². The molecule has 21 heavy (non-hydrogen) atoms. The molecule has 0 aliphatic carbocycles. The number of ether oxygens (including phenoxy) is 1. The van der Waals surface area contributed by atoms with E-state index in [1.807, 2.05) is 6.07 Å². The summed E-state index contributed by atoms with van der Waals surface area (Å²) in [5.41, 5.74) is -0.139. The second kappa shape index (κ2) is 6.03. The zero-order valence-corrected chi connectivity index (χ0v) is 11.2. The van der Waals surface area contributed by atoms with E-state index in [0.29, 0.717) is 6.29 Å². The average molecular weight is 303 g/mol. The molecule has 2 aromatic rings. The molecule has 7 heteroatoms. The molecular weight excluding hydrogens is 296 g/mol. The lowest BCUT2D eigenvalue weighted by atomic mass is 10.2. The third-order valence-electron chi connectivity index (χ3n) is 2.64. The molecule has 0 saturated heterocycles. The van der Waals surface area contributed by atoms with E-state index < -0.39 is 4.92 Å². The van der Waals surface area contributed by atoms with E-state index in [0.717, 1.165) is 6.07 Å². The minimum absolute atomic E-state index is 0.0793. The zero-order valence-electron chi connectivity index (χ0n) is 10.4. The molecule has 0 aliphatic rings. The fraction of sp³-hybridized carbons (Fsp3) is 0. The predicted octanol–water partition coefficient (Wildman–Crippen LogP) is 3.72. The number of rotatable bonds is 4. The Morgan fingerprint density at radius 3 is 2.67 bits per heavy atom. The molecule has 0 atom stereocenters. The lowest BCUT2D eigenvalue weighted by molar-refractivity contribution is -0.385. The first-order chi connectivity index (χ1) is 10.1. The summed E-state index contributed by atoms with van der Waals surface area (Å²) in [6.45, 7) is 0. The molecule has 0 spiro atoms. The number of benzene rings is 2. The van der Waals surface area contributed by atoms with Crippen LogP contribution in [0.1, 0.15) is 15.9 Å². The maximum Gasteiger partial charge on any atom is 0.312 e. The first kappa shape index (κ1) is 14.5. The van der Waals surface area contributed by atoms with Gasteiger partial charge in [-0.3, -0.25) is 14.9 Å². The van der Waals surface area contributed by atoms with Crippen LogP contribution in [0.2, 0.25) is 5.02 Å². The molecule has 0 fully saturated rings. The standard InChI is InChI=1S/C14H7ClN2O4/c15-11-2-1-3-13(10(11)8-18)21-14-5-4-9(7-16)6-12(14)17(19)20/h1-6,8H. The molecule has 0 aromatic heterocycles. The molecule has 0 aliphatic heterocycles. The van der Waals surface area contributed by atoms with Crippen molar-refractivity contribution in [2.75, 3.05) is 0 Å². The highest BCUT2D eigenvalue weighted by atomic mass is 35.5. The molecule has 2 rings (SSSR count). The van der Waals surface area contributed by atoms with Gasteiger partial charge >= 0.3 is 5.69 Å². The van der Waals surface area contributed by atoms with Gasteiger partial charge in [-0.15, -0.1) is 0 Å². The lowest BCUT2D eigenvalue weighted by Crippen LogP contribution is -1.96. The van der Waals surface area contributed by atoms with E-state index in [2.05, 4.69) is 0 Å². The summed E-state index contributed by atoms with van der Waals surface area (Å²) in [7, 11) is 0. The molecule has 0 heterocycles. The molecule has 2 aromatic carbocycles. The molecular formula is C14H7ClN2O4. The van der Waals surface area contributed by atoms with E-state index >= 15 is 0 Å². The van der Waals surface area contributed by atoms with Gasteiger partial charge in [0, 0.05) is 6.07 Å². The fourth-order valence-electron chi connectivity index (χ4n) is 1.65. The number of halogens is 1. The van der Waals surface area contributed by atoms with Crippen LogP contribution in [0.5, 0.6) is 11.5 Å². The van der Waals surface area contributed by atoms with Crippen molar-refractivity contribution in [1.82, 2.24) is 0 Å². The van der Waals surface area contributed by atoms with E-state index in [4.69, 9.17) is 21.6 Å². The number of nitriles is 1. The SMILES string of the molecule is N#Cc1ccc(Oc2cccc(Cl)c2C=O)c([N+](=O)[O-])c1. The number of carbonyl (C=O) groups is 1. The van der Waals surface area contributed by atoms with Crippen LogP contribution >= 0.6 is 11.6 Å². The molecule has 0 bridgehead atoms. The van der Waals surface area contributed by atoms with Crippen LogP contribution in [0, 0.1) is 21.4 Å². The van der Waals surface area contributed by atoms with Crippen LogP contribution in [0.4, 0.5) is 5.69 Å². The molecule has 0 N–H and O–H groups in total. The van der Waals surface area contributed by atoms with Crippen molar-refractivity contribution < 1.29 is 14.5 Å². The third kappa shape index (κ3) is 2.99. The number of nitro benzene ring substituents is 1. The minimum Gasteiger partial charge on any atom is -0.449 e. The molecule has 6 nitrogen and oxygen atoms in total. The van der Waals surface area contributed by atoms with E-state index in [-0.39, 0.29) is 33.3 Å². The largest absolute Gasteiger partial charge is 0.449 e. The summed E-state index contributed by atoms with van der Waals surface area (Å²) >= 11 is 5.86. The summed E-state index contributed by atoms with van der Waals surface area (Å²) in [4.78, 5) is 21.4. The monoisotopic (exact) mass is 302 g/mol. The van der Waals surface area contributed by atoms with Crippen molar-refractivity contribution in [2.45, 2.75) is 0 Å². The van der Waals surface area contributed by atoms with Gasteiger partial charge in [-0.1, -0.05) is 17.7 Å². The maximum atomic E-state index is 11.0. The van der Waals surface area contributed by atoms with Crippen LogP contribution in [-0.4, -0.2) is 11.2 Å². The molecule has 0 radical (unpaired) electrons. The number of nitro groups is 1. The molecule has 0 amide bonds. The molecule has 0 saturated carbocycles. The summed E-state index contributed by atoms with van der Waals surface area (Å²) in [6.07, 6.45) is 0.507. The van der Waals surface area contributed by atoms with Gasteiger partial charge in [-0.2, -0.15) is 5.26 Å². The second-order valence-electron chi connectivity index (χ2n) is 3.92. The van der Waals surface area contributed by atoms with E-state index in [1.165, 1.54) is 24.3 Å². The highest BCUT2D eigenvalue weighted by Crippen LogP contribution is 2.34. The Kier molecular flexibility index (Phi) is 4.16. The minimum atomic E-state index is -0.665. The smallest absolute Gasteiger partial charge is 0.312 e. The molecule has 104 valence electrons. The van der Waals surface area contributed by atoms with Gasteiger partial charge in [-0.25, -0.2) is 0 Å². The Labute approximate surface area is 124 Å². The zero-order chi connectivity index (χ0) is 15.4. The van der Waals surface area contributed by atoms with Crippen molar-refractivity contribution >= 4 is 23.6 Å². The Balaban J connectivity index is 2.50. The van der Waals surface area contributed by atoms with Crippen LogP contribution in [-0.2, 0) is 0 Å². The predicted molar refractivity (Wildman–Crippen MR) is 74.7 cm³/mol. The molecule has 0 unspecified atom stereocenters. The number of aldehydes is 1. The quantitative estimate of drug-likeness (QED) is 0.487. The maximum absolute atomic E-state index is 11.0. The van der Waals surface area contributed by atoms with Gasteiger partial charge < -0.3 is 4.74 Å². The van der Waals surface area contributed by atoms with Crippen molar-refractivity contribution in [3.63, 3.8) is 0 Å². The fourth-order valence-corrected chi connectivity index (χ4v) is 1.87.